The van der Waals surface area contributed by atoms with Gasteiger partial charge in [-0.05, 0) is 58.3 Å². The molecule has 0 saturated carbocycles. The lowest BCUT2D eigenvalue weighted by molar-refractivity contribution is 0.0879. The fraction of sp³-hybridized carbons (Fsp3) is 0.0667. The Morgan fingerprint density at radius 3 is 2.58 bits per heavy atom. The van der Waals surface area contributed by atoms with Gasteiger partial charge in [0.05, 0.1) is 11.1 Å². The third-order valence-electron chi connectivity index (χ3n) is 3.13. The topological polar surface area (TPSA) is 46.2 Å². The fourth-order valence-corrected chi connectivity index (χ4v) is 2.91. The van der Waals surface area contributed by atoms with Crippen molar-refractivity contribution in [3.63, 3.8) is 0 Å². The van der Waals surface area contributed by atoms with Crippen molar-refractivity contribution in [1.29, 1.82) is 0 Å². The van der Waals surface area contributed by atoms with Crippen LogP contribution in [0.1, 0.15) is 31.8 Å². The van der Waals surface area contributed by atoms with Crippen LogP contribution in [0.3, 0.4) is 0 Å². The van der Waals surface area contributed by atoms with E-state index >= 15 is 0 Å². The van der Waals surface area contributed by atoms with Crippen LogP contribution in [-0.4, -0.2) is 11.8 Å². The average Bonchev–Trinajstić information content (AvgIpc) is 2.66. The molecule has 0 aromatic heterocycles. The van der Waals surface area contributed by atoms with E-state index < -0.39 is 0 Å². The summed E-state index contributed by atoms with van der Waals surface area (Å²) in [6, 6.07) is 13.5. The molecule has 0 fully saturated rings. The minimum atomic E-state index is -0.301. The van der Waals surface area contributed by atoms with Crippen molar-refractivity contribution >= 4 is 34.4 Å². The molecule has 2 aromatic rings. The molecule has 19 heavy (non-hydrogen) atoms. The quantitative estimate of drug-likeness (QED) is 0.659. The first-order valence-electron chi connectivity index (χ1n) is 5.87. The van der Waals surface area contributed by atoms with Crippen molar-refractivity contribution in [2.45, 2.75) is 6.42 Å². The number of benzene rings is 2. The van der Waals surface area contributed by atoms with Gasteiger partial charge in [-0.3, -0.25) is 14.9 Å². The molecule has 2 aromatic carbocycles. The molecule has 0 radical (unpaired) electrons. The van der Waals surface area contributed by atoms with Crippen molar-refractivity contribution in [3.05, 3.63) is 68.3 Å². The maximum atomic E-state index is 11.8. The lowest BCUT2D eigenvalue weighted by atomic mass is 9.97. The second-order valence-electron chi connectivity index (χ2n) is 4.43. The average molecular weight is 363 g/mol. The van der Waals surface area contributed by atoms with Gasteiger partial charge in [-0.15, -0.1) is 0 Å². The maximum Gasteiger partial charge on any atom is 0.259 e. The van der Waals surface area contributed by atoms with E-state index in [2.05, 4.69) is 34.0 Å². The highest BCUT2D eigenvalue weighted by Gasteiger charge is 2.28. The summed E-state index contributed by atoms with van der Waals surface area (Å²) in [5, 5.41) is 2.34. The molecule has 0 spiro atoms. The SMILES string of the molecule is O=C1NC(=O)c2c(Cc3cccc(I)c3)cccc21. The van der Waals surface area contributed by atoms with Crippen molar-refractivity contribution in [1.82, 2.24) is 5.32 Å². The molecular weight excluding hydrogens is 353 g/mol. The van der Waals surface area contributed by atoms with Gasteiger partial charge in [0.2, 0.25) is 0 Å². The van der Waals surface area contributed by atoms with Crippen molar-refractivity contribution in [3.8, 4) is 0 Å². The van der Waals surface area contributed by atoms with Gasteiger partial charge < -0.3 is 0 Å². The normalized spacial score (nSPS) is 13.3. The predicted molar refractivity (Wildman–Crippen MR) is 80.2 cm³/mol. The van der Waals surface area contributed by atoms with Crippen LogP contribution >= 0.6 is 22.6 Å². The molecule has 1 heterocycles. The summed E-state index contributed by atoms with van der Waals surface area (Å²) in [7, 11) is 0. The van der Waals surface area contributed by atoms with Gasteiger partial charge in [-0.2, -0.15) is 0 Å². The Kier molecular flexibility index (Phi) is 3.10. The molecule has 0 aliphatic carbocycles. The Hall–Kier alpha value is -1.69. The second-order valence-corrected chi connectivity index (χ2v) is 5.68. The number of carbonyl (C=O) groups excluding carboxylic acids is 2. The highest BCUT2D eigenvalue weighted by atomic mass is 127. The Labute approximate surface area is 124 Å². The highest BCUT2D eigenvalue weighted by molar-refractivity contribution is 14.1. The molecule has 0 saturated heterocycles. The first kappa shape index (κ1) is 12.3. The zero-order chi connectivity index (χ0) is 13.4. The van der Waals surface area contributed by atoms with Crippen LogP contribution in [0.2, 0.25) is 0 Å². The molecule has 3 nitrogen and oxygen atoms in total. The summed E-state index contributed by atoms with van der Waals surface area (Å²) in [6.07, 6.45) is 0.653. The van der Waals surface area contributed by atoms with E-state index in [1.54, 1.807) is 6.07 Å². The minimum Gasteiger partial charge on any atom is -0.288 e. The number of fused-ring (bicyclic) bond motifs is 1. The van der Waals surface area contributed by atoms with E-state index in [-0.39, 0.29) is 11.8 Å². The van der Waals surface area contributed by atoms with Crippen LogP contribution in [0.4, 0.5) is 0 Å². The first-order chi connectivity index (χ1) is 9.15. The predicted octanol–water partition coefficient (Wildman–Crippen LogP) is 2.77. The molecule has 2 amide bonds. The summed E-state index contributed by atoms with van der Waals surface area (Å²) >= 11 is 2.26. The number of rotatable bonds is 2. The van der Waals surface area contributed by atoms with Crippen LogP contribution in [0.15, 0.2) is 42.5 Å². The van der Waals surface area contributed by atoms with Crippen LogP contribution < -0.4 is 5.32 Å². The summed E-state index contributed by atoms with van der Waals surface area (Å²) in [4.78, 5) is 23.4. The molecule has 4 heteroatoms. The minimum absolute atomic E-state index is 0.291. The number of hydrogen-bond donors (Lipinski definition) is 1. The third-order valence-corrected chi connectivity index (χ3v) is 3.80. The smallest absolute Gasteiger partial charge is 0.259 e. The number of amides is 2. The summed E-state index contributed by atoms with van der Waals surface area (Å²) in [5.74, 6) is -0.592. The van der Waals surface area contributed by atoms with Crippen molar-refractivity contribution in [2.75, 3.05) is 0 Å². The molecule has 1 aliphatic rings. The van der Waals surface area contributed by atoms with Gasteiger partial charge in [0.25, 0.3) is 11.8 Å². The van der Waals surface area contributed by atoms with Crippen LogP contribution in [0.5, 0.6) is 0 Å². The van der Waals surface area contributed by atoms with E-state index in [1.165, 1.54) is 0 Å². The summed E-state index contributed by atoms with van der Waals surface area (Å²) < 4.78 is 1.16. The number of carbonyl (C=O) groups is 2. The zero-order valence-electron chi connectivity index (χ0n) is 9.94. The number of nitrogens with one attached hydrogen (secondary N) is 1. The second kappa shape index (κ2) is 4.77. The van der Waals surface area contributed by atoms with Crippen LogP contribution in [-0.2, 0) is 6.42 Å². The molecule has 0 unspecified atom stereocenters. The van der Waals surface area contributed by atoms with Gasteiger partial charge in [-0.25, -0.2) is 0 Å². The molecule has 3 rings (SSSR count). The molecule has 1 aliphatic heterocycles. The Morgan fingerprint density at radius 1 is 1.00 bits per heavy atom. The molecule has 1 N–H and O–H groups in total. The first-order valence-corrected chi connectivity index (χ1v) is 6.95. The van der Waals surface area contributed by atoms with E-state index in [1.807, 2.05) is 30.3 Å². The van der Waals surface area contributed by atoms with Crippen LogP contribution in [0.25, 0.3) is 0 Å². The van der Waals surface area contributed by atoms with Gasteiger partial charge >= 0.3 is 0 Å². The fourth-order valence-electron chi connectivity index (χ4n) is 2.30. The van der Waals surface area contributed by atoms with E-state index in [0.29, 0.717) is 17.5 Å². The summed E-state index contributed by atoms with van der Waals surface area (Å²) in [5.41, 5.74) is 3.02. The monoisotopic (exact) mass is 363 g/mol. The Balaban J connectivity index is 2.04. The summed E-state index contributed by atoms with van der Waals surface area (Å²) in [6.45, 7) is 0. The number of hydrogen-bond acceptors (Lipinski definition) is 2. The highest BCUT2D eigenvalue weighted by Crippen LogP contribution is 2.23. The van der Waals surface area contributed by atoms with Gasteiger partial charge in [0, 0.05) is 3.57 Å². The maximum absolute atomic E-state index is 11.8. The van der Waals surface area contributed by atoms with E-state index in [4.69, 9.17) is 0 Å². The number of imide groups is 1. The standard InChI is InChI=1S/C15H10INO2/c16-11-5-1-3-9(8-11)7-10-4-2-6-12-13(10)15(19)17-14(12)18/h1-6,8H,7H2,(H,17,18,19). The van der Waals surface area contributed by atoms with E-state index in [9.17, 15) is 9.59 Å². The van der Waals surface area contributed by atoms with Crippen molar-refractivity contribution < 1.29 is 9.59 Å². The Morgan fingerprint density at radius 2 is 1.79 bits per heavy atom. The largest absolute Gasteiger partial charge is 0.288 e. The third kappa shape index (κ3) is 2.28. The number of halogens is 1. The van der Waals surface area contributed by atoms with Gasteiger partial charge in [0.1, 0.15) is 0 Å². The molecule has 94 valence electrons. The van der Waals surface area contributed by atoms with Crippen molar-refractivity contribution in [2.24, 2.45) is 0 Å². The van der Waals surface area contributed by atoms with E-state index in [0.717, 1.165) is 14.7 Å². The van der Waals surface area contributed by atoms with Gasteiger partial charge in [0.15, 0.2) is 0 Å². The molecule has 0 atom stereocenters. The lowest BCUT2D eigenvalue weighted by Gasteiger charge is -2.06. The molecular formula is C15H10INO2. The lowest BCUT2D eigenvalue weighted by Crippen LogP contribution is -2.20. The Bertz CT molecular complexity index is 694. The van der Waals surface area contributed by atoms with Crippen LogP contribution in [0, 0.1) is 3.57 Å². The molecule has 0 bridgehead atoms. The zero-order valence-corrected chi connectivity index (χ0v) is 12.1. The van der Waals surface area contributed by atoms with Gasteiger partial charge in [-0.1, -0.05) is 24.3 Å².